The molecule has 16 heavy (non-hydrogen) atoms. The van der Waals surface area contributed by atoms with Gasteiger partial charge in [-0.15, -0.1) is 0 Å². The molecular formula is C10H12N4O2. The van der Waals surface area contributed by atoms with Crippen LogP contribution in [0.1, 0.15) is 5.56 Å². The zero-order chi connectivity index (χ0) is 11.8. The molecule has 0 aliphatic heterocycles. The number of hydrogen-bond acceptors (Lipinski definition) is 3. The highest BCUT2D eigenvalue weighted by Crippen LogP contribution is 2.18. The molecular weight excluding hydrogens is 208 g/mol. The van der Waals surface area contributed by atoms with Gasteiger partial charge in [0.25, 0.3) is 5.91 Å². The molecule has 0 saturated heterocycles. The minimum Gasteiger partial charge on any atom is -0.484 e. The molecule has 6 heteroatoms. The fourth-order valence-corrected chi connectivity index (χ4v) is 1.22. The standard InChI is InChI=1S/C10H12N4O2/c11-10(15)7-16-9-4-2-1-3-8(9)5-6-13-14-12/h1-4H,5-7H2,(H2,11,15). The number of ether oxygens (including phenoxy) is 1. The van der Waals surface area contributed by atoms with Crippen molar-refractivity contribution < 1.29 is 9.53 Å². The van der Waals surface area contributed by atoms with Gasteiger partial charge in [0.1, 0.15) is 5.75 Å². The van der Waals surface area contributed by atoms with Crippen LogP contribution in [0.15, 0.2) is 29.4 Å². The second kappa shape index (κ2) is 6.31. The Hall–Kier alpha value is -2.20. The van der Waals surface area contributed by atoms with E-state index in [1.807, 2.05) is 12.1 Å². The number of azide groups is 1. The molecule has 0 saturated carbocycles. The summed E-state index contributed by atoms with van der Waals surface area (Å²) in [6, 6.07) is 7.24. The highest BCUT2D eigenvalue weighted by molar-refractivity contribution is 5.75. The number of para-hydroxylation sites is 1. The van der Waals surface area contributed by atoms with Crippen LogP contribution in [0, 0.1) is 0 Å². The maximum atomic E-state index is 10.6. The first-order chi connectivity index (χ1) is 7.74. The molecule has 0 aliphatic rings. The summed E-state index contributed by atoms with van der Waals surface area (Å²) in [5.41, 5.74) is 14.0. The van der Waals surface area contributed by atoms with Gasteiger partial charge in [-0.2, -0.15) is 0 Å². The topological polar surface area (TPSA) is 101 Å². The van der Waals surface area contributed by atoms with Crippen LogP contribution in [0.25, 0.3) is 10.4 Å². The number of carbonyl (C=O) groups excluding carboxylic acids is 1. The van der Waals surface area contributed by atoms with Crippen molar-refractivity contribution in [2.75, 3.05) is 13.2 Å². The molecule has 0 bridgehead atoms. The van der Waals surface area contributed by atoms with Crippen LogP contribution < -0.4 is 10.5 Å². The summed E-state index contributed by atoms with van der Waals surface area (Å²) in [6.45, 7) is 0.200. The zero-order valence-corrected chi connectivity index (χ0v) is 8.67. The third-order valence-electron chi connectivity index (χ3n) is 1.89. The Morgan fingerprint density at radius 3 is 2.94 bits per heavy atom. The van der Waals surface area contributed by atoms with E-state index in [1.165, 1.54) is 0 Å². The van der Waals surface area contributed by atoms with Crippen molar-refractivity contribution >= 4 is 5.91 Å². The quantitative estimate of drug-likeness (QED) is 0.445. The van der Waals surface area contributed by atoms with Crippen LogP contribution in [-0.2, 0) is 11.2 Å². The monoisotopic (exact) mass is 220 g/mol. The lowest BCUT2D eigenvalue weighted by atomic mass is 10.1. The Labute approximate surface area is 92.6 Å². The molecule has 0 spiro atoms. The van der Waals surface area contributed by atoms with Gasteiger partial charge < -0.3 is 10.5 Å². The van der Waals surface area contributed by atoms with Crippen molar-refractivity contribution in [2.24, 2.45) is 10.8 Å². The minimum absolute atomic E-state index is 0.154. The first-order valence-electron chi connectivity index (χ1n) is 4.74. The average Bonchev–Trinajstić information content (AvgIpc) is 2.28. The molecule has 2 N–H and O–H groups in total. The lowest BCUT2D eigenvalue weighted by Crippen LogP contribution is -2.20. The Bertz CT molecular complexity index is 388. The normalized spacial score (nSPS) is 9.25. The van der Waals surface area contributed by atoms with Crippen LogP contribution in [0.2, 0.25) is 0 Å². The second-order valence-corrected chi connectivity index (χ2v) is 3.07. The zero-order valence-electron chi connectivity index (χ0n) is 8.67. The van der Waals surface area contributed by atoms with E-state index in [0.717, 1.165) is 5.56 Å². The Balaban J connectivity index is 2.66. The van der Waals surface area contributed by atoms with E-state index >= 15 is 0 Å². The van der Waals surface area contributed by atoms with Crippen LogP contribution in [0.3, 0.4) is 0 Å². The van der Waals surface area contributed by atoms with Gasteiger partial charge in [-0.05, 0) is 23.6 Å². The molecule has 84 valence electrons. The fraction of sp³-hybridized carbons (Fsp3) is 0.300. The van der Waals surface area contributed by atoms with Gasteiger partial charge in [-0.1, -0.05) is 23.3 Å². The number of nitrogens with zero attached hydrogens (tertiary/aromatic N) is 3. The van der Waals surface area contributed by atoms with E-state index < -0.39 is 5.91 Å². The van der Waals surface area contributed by atoms with Gasteiger partial charge in [-0.25, -0.2) is 0 Å². The predicted octanol–water partition coefficient (Wildman–Crippen LogP) is 1.40. The molecule has 1 amide bonds. The highest BCUT2D eigenvalue weighted by atomic mass is 16.5. The average molecular weight is 220 g/mol. The van der Waals surface area contributed by atoms with Crippen LogP contribution >= 0.6 is 0 Å². The summed E-state index contributed by atoms with van der Waals surface area (Å²) in [5, 5.41) is 3.44. The number of nitrogens with two attached hydrogens (primary N) is 1. The van der Waals surface area contributed by atoms with Crippen LogP contribution in [-0.4, -0.2) is 19.1 Å². The lowest BCUT2D eigenvalue weighted by molar-refractivity contribution is -0.119. The van der Waals surface area contributed by atoms with Gasteiger partial charge in [-0.3, -0.25) is 4.79 Å². The van der Waals surface area contributed by atoms with Gasteiger partial charge in [0.05, 0.1) is 0 Å². The van der Waals surface area contributed by atoms with E-state index in [-0.39, 0.29) is 6.61 Å². The number of benzene rings is 1. The van der Waals surface area contributed by atoms with Crippen molar-refractivity contribution in [1.29, 1.82) is 0 Å². The molecule has 0 aromatic heterocycles. The number of hydrogen-bond donors (Lipinski definition) is 1. The third-order valence-corrected chi connectivity index (χ3v) is 1.89. The van der Waals surface area contributed by atoms with Gasteiger partial charge >= 0.3 is 0 Å². The lowest BCUT2D eigenvalue weighted by Gasteiger charge is -2.08. The molecule has 0 unspecified atom stereocenters. The first kappa shape index (κ1) is 11.9. The summed E-state index contributed by atoms with van der Waals surface area (Å²) in [7, 11) is 0. The summed E-state index contributed by atoms with van der Waals surface area (Å²) in [6.07, 6.45) is 0.568. The van der Waals surface area contributed by atoms with Crippen molar-refractivity contribution in [3.05, 3.63) is 40.3 Å². The van der Waals surface area contributed by atoms with E-state index in [4.69, 9.17) is 16.0 Å². The van der Waals surface area contributed by atoms with E-state index in [0.29, 0.717) is 18.7 Å². The largest absolute Gasteiger partial charge is 0.484 e. The van der Waals surface area contributed by atoms with Gasteiger partial charge in [0.15, 0.2) is 6.61 Å². The summed E-state index contributed by atoms with van der Waals surface area (Å²) in [5.74, 6) is 0.0688. The SMILES string of the molecule is [N-]=[N+]=NCCc1ccccc1OCC(N)=O. The van der Waals surface area contributed by atoms with Crippen molar-refractivity contribution in [2.45, 2.75) is 6.42 Å². The van der Waals surface area contributed by atoms with Crippen molar-refractivity contribution in [3.63, 3.8) is 0 Å². The van der Waals surface area contributed by atoms with Crippen molar-refractivity contribution in [1.82, 2.24) is 0 Å². The first-order valence-corrected chi connectivity index (χ1v) is 4.74. The van der Waals surface area contributed by atoms with Gasteiger partial charge in [0, 0.05) is 11.5 Å². The fourth-order valence-electron chi connectivity index (χ4n) is 1.22. The second-order valence-electron chi connectivity index (χ2n) is 3.07. The minimum atomic E-state index is -0.523. The maximum Gasteiger partial charge on any atom is 0.255 e. The molecule has 1 aromatic rings. The molecule has 0 fully saturated rings. The molecule has 0 heterocycles. The Morgan fingerprint density at radius 2 is 2.25 bits per heavy atom. The Kier molecular flexibility index (Phi) is 4.69. The third kappa shape index (κ3) is 3.89. The molecule has 0 aliphatic carbocycles. The number of amides is 1. The molecule has 0 atom stereocenters. The predicted molar refractivity (Wildman–Crippen MR) is 58.8 cm³/mol. The summed E-state index contributed by atoms with van der Waals surface area (Å²) < 4.78 is 5.22. The van der Waals surface area contributed by atoms with Crippen LogP contribution in [0.4, 0.5) is 0 Å². The number of rotatable bonds is 6. The van der Waals surface area contributed by atoms with E-state index in [9.17, 15) is 4.79 Å². The molecule has 1 rings (SSSR count). The van der Waals surface area contributed by atoms with E-state index in [1.54, 1.807) is 12.1 Å². The maximum absolute atomic E-state index is 10.6. The summed E-state index contributed by atoms with van der Waals surface area (Å²) in [4.78, 5) is 13.2. The summed E-state index contributed by atoms with van der Waals surface area (Å²) >= 11 is 0. The number of primary amides is 1. The van der Waals surface area contributed by atoms with Crippen molar-refractivity contribution in [3.8, 4) is 5.75 Å². The molecule has 6 nitrogen and oxygen atoms in total. The molecule has 1 aromatic carbocycles. The van der Waals surface area contributed by atoms with E-state index in [2.05, 4.69) is 10.0 Å². The number of carbonyl (C=O) groups is 1. The molecule has 0 radical (unpaired) electrons. The van der Waals surface area contributed by atoms with Crippen LogP contribution in [0.5, 0.6) is 5.75 Å². The van der Waals surface area contributed by atoms with Gasteiger partial charge in [0.2, 0.25) is 0 Å². The smallest absolute Gasteiger partial charge is 0.255 e. The highest BCUT2D eigenvalue weighted by Gasteiger charge is 2.03. The Morgan fingerprint density at radius 1 is 1.50 bits per heavy atom.